The van der Waals surface area contributed by atoms with Gasteiger partial charge in [-0.05, 0) is 68.6 Å². The molecule has 13 heteroatoms. The van der Waals surface area contributed by atoms with Crippen molar-refractivity contribution in [2.75, 3.05) is 26.4 Å². The van der Waals surface area contributed by atoms with Gasteiger partial charge in [0.25, 0.3) is 0 Å². The SMILES string of the molecule is C#Cc1nn(PI)c2cnc(-c3c(C)nn(C)c3OCCN(Cc3c(C)c(OCC)nn3CCO)C(C)C)cc12.CC.CC. The van der Waals surface area contributed by atoms with E-state index in [9.17, 15) is 5.11 Å². The van der Waals surface area contributed by atoms with Gasteiger partial charge in [-0.15, -0.1) is 11.5 Å². The van der Waals surface area contributed by atoms with Gasteiger partial charge in [0.15, 0.2) is 0 Å². The van der Waals surface area contributed by atoms with E-state index in [4.69, 9.17) is 20.9 Å². The maximum Gasteiger partial charge on any atom is 0.236 e. The van der Waals surface area contributed by atoms with E-state index in [1.54, 1.807) is 4.68 Å². The van der Waals surface area contributed by atoms with Gasteiger partial charge >= 0.3 is 0 Å². The molecule has 44 heavy (non-hydrogen) atoms. The molecule has 4 rings (SSSR count). The zero-order valence-electron chi connectivity index (χ0n) is 27.8. The summed E-state index contributed by atoms with van der Waals surface area (Å²) in [4.78, 5) is 7.05. The van der Waals surface area contributed by atoms with Gasteiger partial charge in [0, 0.05) is 37.1 Å². The van der Waals surface area contributed by atoms with E-state index in [2.05, 4.69) is 62.0 Å². The van der Waals surface area contributed by atoms with E-state index in [-0.39, 0.29) is 12.6 Å². The van der Waals surface area contributed by atoms with Gasteiger partial charge in [0.05, 0.1) is 60.5 Å². The van der Waals surface area contributed by atoms with Crippen LogP contribution in [-0.2, 0) is 20.1 Å². The minimum atomic E-state index is 0.00893. The number of terminal acetylenes is 1. The third-order valence-electron chi connectivity index (χ3n) is 6.78. The highest BCUT2D eigenvalue weighted by Crippen LogP contribution is 2.36. The fraction of sp³-hybridized carbons (Fsp3) is 0.548. The fourth-order valence-corrected chi connectivity index (χ4v) is 6.22. The van der Waals surface area contributed by atoms with Crippen LogP contribution in [0.4, 0.5) is 0 Å². The molecular formula is C31H48IN8O3P. The molecule has 0 aliphatic carbocycles. The second-order valence-electron chi connectivity index (χ2n) is 9.63. The molecule has 0 bridgehead atoms. The van der Waals surface area contributed by atoms with Crippen LogP contribution in [-0.4, -0.2) is 76.5 Å². The van der Waals surface area contributed by atoms with E-state index in [0.29, 0.717) is 56.7 Å². The monoisotopic (exact) mass is 738 g/mol. The number of hydrogen-bond donors (Lipinski definition) is 1. The number of halogens is 1. The molecule has 0 radical (unpaired) electrons. The second-order valence-corrected chi connectivity index (χ2v) is 11.7. The summed E-state index contributed by atoms with van der Waals surface area (Å²) < 4.78 is 17.6. The molecule has 4 aromatic rings. The van der Waals surface area contributed by atoms with Crippen molar-refractivity contribution in [3.63, 3.8) is 0 Å². The highest BCUT2D eigenvalue weighted by Gasteiger charge is 2.22. The Hall–Kier alpha value is -2.72. The number of rotatable bonds is 13. The third kappa shape index (κ3) is 8.50. The molecule has 242 valence electrons. The van der Waals surface area contributed by atoms with Crippen molar-refractivity contribution in [1.29, 1.82) is 0 Å². The van der Waals surface area contributed by atoms with Gasteiger partial charge in [0.2, 0.25) is 11.8 Å². The van der Waals surface area contributed by atoms with E-state index in [1.807, 2.05) is 76.9 Å². The zero-order valence-corrected chi connectivity index (χ0v) is 30.9. The molecule has 0 fully saturated rings. The quantitative estimate of drug-likeness (QED) is 0.0990. The largest absolute Gasteiger partial charge is 0.477 e. The molecule has 0 saturated heterocycles. The molecule has 0 aromatic carbocycles. The molecule has 1 atom stereocenters. The lowest BCUT2D eigenvalue weighted by Crippen LogP contribution is -2.35. The lowest BCUT2D eigenvalue weighted by Gasteiger charge is -2.27. The number of fused-ring (bicyclic) bond motifs is 1. The Morgan fingerprint density at radius 2 is 1.84 bits per heavy atom. The molecule has 0 spiro atoms. The van der Waals surface area contributed by atoms with Crippen LogP contribution in [0.15, 0.2) is 12.3 Å². The standard InChI is InChI=1S/C27H36IN8O3P.2C2H6/c1-8-21-20-14-22(29-15-23(20)36(31-21)40-28)25-19(6)30-33(7)27(25)39-13-11-34(17(3)4)16-24-18(5)26(38-9-2)32-35(24)10-12-37;2*1-2/h1,14-15,17,37,40H,9-13,16H2,2-7H3;2*1-2H3. The average Bonchev–Trinajstić information content (AvgIpc) is 3.64. The predicted molar refractivity (Wildman–Crippen MR) is 189 cm³/mol. The summed E-state index contributed by atoms with van der Waals surface area (Å²) in [6.07, 6.45) is 7.98. The number of aliphatic hydroxyl groups excluding tert-OH is 1. The maximum absolute atomic E-state index is 9.57. The van der Waals surface area contributed by atoms with Crippen LogP contribution < -0.4 is 9.47 Å². The summed E-state index contributed by atoms with van der Waals surface area (Å²) in [5.41, 5.74) is 5.93. The molecule has 4 heterocycles. The smallest absolute Gasteiger partial charge is 0.236 e. The number of aromatic nitrogens is 7. The minimum absolute atomic E-state index is 0.00893. The van der Waals surface area contributed by atoms with Crippen molar-refractivity contribution in [1.82, 2.24) is 39.0 Å². The first-order chi connectivity index (χ1) is 21.2. The summed E-state index contributed by atoms with van der Waals surface area (Å²) in [7, 11) is 1.87. The zero-order chi connectivity index (χ0) is 33.0. The first-order valence-corrected chi connectivity index (χ1v) is 19.2. The molecular weight excluding hydrogens is 690 g/mol. The molecule has 0 saturated carbocycles. The molecule has 1 N–H and O–H groups in total. The normalized spacial score (nSPS) is 11.1. The van der Waals surface area contributed by atoms with Gasteiger partial charge in [-0.3, -0.25) is 14.6 Å². The van der Waals surface area contributed by atoms with Crippen LogP contribution in [0.2, 0.25) is 0 Å². The van der Waals surface area contributed by atoms with Crippen LogP contribution in [0.5, 0.6) is 11.8 Å². The Labute approximate surface area is 277 Å². The predicted octanol–water partition coefficient (Wildman–Crippen LogP) is 6.15. The number of hydrogen-bond acceptors (Lipinski definition) is 8. The maximum atomic E-state index is 9.57. The molecule has 0 aliphatic rings. The van der Waals surface area contributed by atoms with Crippen molar-refractivity contribution < 1.29 is 14.6 Å². The van der Waals surface area contributed by atoms with E-state index >= 15 is 0 Å². The molecule has 11 nitrogen and oxygen atoms in total. The van der Waals surface area contributed by atoms with E-state index < -0.39 is 0 Å². The van der Waals surface area contributed by atoms with Crippen LogP contribution in [0.1, 0.15) is 71.1 Å². The van der Waals surface area contributed by atoms with Gasteiger partial charge in [0.1, 0.15) is 12.3 Å². The highest BCUT2D eigenvalue weighted by atomic mass is 127. The first-order valence-electron chi connectivity index (χ1n) is 15.2. The number of ether oxygens (including phenoxy) is 2. The number of aliphatic hydroxyl groups is 1. The summed E-state index contributed by atoms with van der Waals surface area (Å²) in [6, 6.07) is 2.23. The summed E-state index contributed by atoms with van der Waals surface area (Å²) in [5.74, 6) is 3.96. The van der Waals surface area contributed by atoms with Crippen LogP contribution >= 0.6 is 28.4 Å². The van der Waals surface area contributed by atoms with Gasteiger partial charge in [-0.25, -0.2) is 9.13 Å². The van der Waals surface area contributed by atoms with Gasteiger partial charge in [-0.2, -0.15) is 10.2 Å². The number of nitrogens with zero attached hydrogens (tertiary/aromatic N) is 8. The Balaban J connectivity index is 0.00000162. The van der Waals surface area contributed by atoms with Gasteiger partial charge in [-0.1, -0.05) is 27.7 Å². The summed E-state index contributed by atoms with van der Waals surface area (Å²) >= 11 is 2.28. The van der Waals surface area contributed by atoms with Gasteiger partial charge < -0.3 is 14.6 Å². The van der Waals surface area contributed by atoms with Crippen molar-refractivity contribution in [3.05, 3.63) is 34.9 Å². The van der Waals surface area contributed by atoms with Crippen molar-refractivity contribution in [2.24, 2.45) is 7.05 Å². The Morgan fingerprint density at radius 3 is 2.43 bits per heavy atom. The lowest BCUT2D eigenvalue weighted by molar-refractivity contribution is 0.158. The highest BCUT2D eigenvalue weighted by molar-refractivity contribution is 14.2. The van der Waals surface area contributed by atoms with Crippen LogP contribution in [0, 0.1) is 26.2 Å². The molecule has 1 unspecified atom stereocenters. The van der Waals surface area contributed by atoms with E-state index in [0.717, 1.165) is 39.1 Å². The molecule has 0 amide bonds. The van der Waals surface area contributed by atoms with E-state index in [1.165, 1.54) is 0 Å². The van der Waals surface area contributed by atoms with Crippen molar-refractivity contribution >= 4 is 39.3 Å². The van der Waals surface area contributed by atoms with Crippen molar-refractivity contribution in [3.8, 4) is 35.4 Å². The van der Waals surface area contributed by atoms with Crippen LogP contribution in [0.3, 0.4) is 0 Å². The summed E-state index contributed by atoms with van der Waals surface area (Å²) in [6.45, 7) is 21.0. The second kappa shape index (κ2) is 18.3. The Morgan fingerprint density at radius 1 is 1.14 bits per heavy atom. The topological polar surface area (TPSA) is 108 Å². The minimum Gasteiger partial charge on any atom is -0.477 e. The molecule has 4 aromatic heterocycles. The fourth-order valence-electron chi connectivity index (χ4n) is 4.71. The Bertz CT molecular complexity index is 1520. The number of pyridine rings is 1. The first kappa shape index (κ1) is 37.5. The van der Waals surface area contributed by atoms with Crippen molar-refractivity contribution in [2.45, 2.75) is 81.4 Å². The third-order valence-corrected chi connectivity index (χ3v) is 8.65. The van der Waals surface area contributed by atoms with Crippen LogP contribution in [0.25, 0.3) is 22.2 Å². The molecule has 0 aliphatic heterocycles. The Kier molecular flexibility index (Phi) is 15.6. The summed E-state index contributed by atoms with van der Waals surface area (Å²) in [5, 5.41) is 24.2. The lowest BCUT2D eigenvalue weighted by atomic mass is 10.1. The number of aryl methyl sites for hydroxylation is 2. The average molecular weight is 739 g/mol.